The fourth-order valence-corrected chi connectivity index (χ4v) is 2.46. The Bertz CT molecular complexity index is 575. The number of hydrogen-bond donors (Lipinski definition) is 0. The molecule has 1 aliphatic rings. The standard InChI is InChI=1S/C20H27N/c1-19(2,3)16-12-13-18(20(4,5)6)21(15-14-16)17-10-8-7-9-11-17/h7-15H,1-6H3. The lowest BCUT2D eigenvalue weighted by Crippen LogP contribution is -2.25. The summed E-state index contributed by atoms with van der Waals surface area (Å²) in [5, 5.41) is 0. The van der Waals surface area contributed by atoms with Gasteiger partial charge in [0, 0.05) is 23.0 Å². The highest BCUT2D eigenvalue weighted by molar-refractivity contribution is 5.58. The number of rotatable bonds is 1. The maximum atomic E-state index is 2.30. The van der Waals surface area contributed by atoms with Crippen molar-refractivity contribution < 1.29 is 0 Å². The molecule has 0 saturated carbocycles. The zero-order chi connectivity index (χ0) is 15.7. The van der Waals surface area contributed by atoms with Crippen molar-refractivity contribution in [3.05, 3.63) is 66.0 Å². The fraction of sp³-hybridized carbons (Fsp3) is 0.400. The van der Waals surface area contributed by atoms with Crippen LogP contribution in [0.2, 0.25) is 0 Å². The van der Waals surface area contributed by atoms with Crippen LogP contribution in [0.3, 0.4) is 0 Å². The van der Waals surface area contributed by atoms with Gasteiger partial charge in [0.1, 0.15) is 0 Å². The van der Waals surface area contributed by atoms with Gasteiger partial charge in [-0.15, -0.1) is 0 Å². The Labute approximate surface area is 129 Å². The normalized spacial score (nSPS) is 16.4. The first-order valence-electron chi connectivity index (χ1n) is 7.65. The second-order valence-electron chi connectivity index (χ2n) is 7.70. The molecule has 0 spiro atoms. The van der Waals surface area contributed by atoms with E-state index >= 15 is 0 Å². The van der Waals surface area contributed by atoms with Crippen LogP contribution in [0.15, 0.2) is 66.0 Å². The monoisotopic (exact) mass is 281 g/mol. The minimum absolute atomic E-state index is 0.0873. The predicted octanol–water partition coefficient (Wildman–Crippen LogP) is 5.92. The van der Waals surface area contributed by atoms with Crippen molar-refractivity contribution in [2.75, 3.05) is 4.90 Å². The van der Waals surface area contributed by atoms with Crippen molar-refractivity contribution in [3.8, 4) is 0 Å². The number of nitrogens with zero attached hydrogens (tertiary/aromatic N) is 1. The highest BCUT2D eigenvalue weighted by Crippen LogP contribution is 2.36. The van der Waals surface area contributed by atoms with E-state index in [2.05, 4.69) is 101 Å². The lowest BCUT2D eigenvalue weighted by Gasteiger charge is -2.32. The second-order valence-corrected chi connectivity index (χ2v) is 7.70. The summed E-state index contributed by atoms with van der Waals surface area (Å²) in [6.45, 7) is 13.6. The highest BCUT2D eigenvalue weighted by atomic mass is 15.1. The SMILES string of the molecule is CC(C)(C)C1=CC=C(C(C)(C)C)N(c2ccccc2)C=C1. The van der Waals surface area contributed by atoms with E-state index in [1.165, 1.54) is 17.0 Å². The van der Waals surface area contributed by atoms with Crippen molar-refractivity contribution >= 4 is 5.69 Å². The van der Waals surface area contributed by atoms with Crippen molar-refractivity contribution in [3.63, 3.8) is 0 Å². The van der Waals surface area contributed by atoms with Gasteiger partial charge in [0.2, 0.25) is 0 Å². The smallest absolute Gasteiger partial charge is 0.0452 e. The molecule has 1 heteroatoms. The molecule has 1 nitrogen and oxygen atoms in total. The number of benzene rings is 1. The van der Waals surface area contributed by atoms with Crippen LogP contribution in [0.1, 0.15) is 41.5 Å². The van der Waals surface area contributed by atoms with Gasteiger partial charge < -0.3 is 4.90 Å². The Morgan fingerprint density at radius 2 is 1.38 bits per heavy atom. The Morgan fingerprint density at radius 1 is 0.762 bits per heavy atom. The Hall–Kier alpha value is -1.76. The molecule has 21 heavy (non-hydrogen) atoms. The number of anilines is 1. The van der Waals surface area contributed by atoms with Crippen molar-refractivity contribution in [1.29, 1.82) is 0 Å². The Balaban J connectivity index is 2.51. The number of allylic oxidation sites excluding steroid dienone is 5. The topological polar surface area (TPSA) is 3.24 Å². The molecule has 0 unspecified atom stereocenters. The predicted molar refractivity (Wildman–Crippen MR) is 93.1 cm³/mol. The summed E-state index contributed by atoms with van der Waals surface area (Å²) in [7, 11) is 0. The summed E-state index contributed by atoms with van der Waals surface area (Å²) in [5.41, 5.74) is 4.11. The molecular formula is C20H27N. The van der Waals surface area contributed by atoms with Gasteiger partial charge in [0.25, 0.3) is 0 Å². The maximum absolute atomic E-state index is 2.30. The second kappa shape index (κ2) is 5.55. The molecule has 0 amide bonds. The summed E-state index contributed by atoms with van der Waals surface area (Å²) in [6.07, 6.45) is 8.98. The van der Waals surface area contributed by atoms with Gasteiger partial charge in [-0.1, -0.05) is 65.8 Å². The molecule has 1 aromatic carbocycles. The molecule has 0 bridgehead atoms. The van der Waals surface area contributed by atoms with Crippen LogP contribution in [-0.4, -0.2) is 0 Å². The Kier molecular flexibility index (Phi) is 4.13. The van der Waals surface area contributed by atoms with Crippen molar-refractivity contribution in [2.45, 2.75) is 41.5 Å². The molecule has 0 saturated heterocycles. The third-order valence-corrected chi connectivity index (χ3v) is 3.75. The lowest BCUT2D eigenvalue weighted by atomic mass is 9.85. The van der Waals surface area contributed by atoms with E-state index in [9.17, 15) is 0 Å². The van der Waals surface area contributed by atoms with E-state index in [0.717, 1.165) is 0 Å². The highest BCUT2D eigenvalue weighted by Gasteiger charge is 2.25. The van der Waals surface area contributed by atoms with Crippen molar-refractivity contribution in [2.24, 2.45) is 10.8 Å². The summed E-state index contributed by atoms with van der Waals surface area (Å²) < 4.78 is 0. The van der Waals surface area contributed by atoms with E-state index in [1.807, 2.05) is 0 Å². The average molecular weight is 281 g/mol. The molecule has 1 aliphatic heterocycles. The zero-order valence-electron chi connectivity index (χ0n) is 14.1. The zero-order valence-corrected chi connectivity index (χ0v) is 14.1. The molecule has 112 valence electrons. The Morgan fingerprint density at radius 3 is 1.90 bits per heavy atom. The average Bonchev–Trinajstić information content (AvgIpc) is 2.61. The maximum Gasteiger partial charge on any atom is 0.0452 e. The summed E-state index contributed by atoms with van der Waals surface area (Å²) >= 11 is 0. The van der Waals surface area contributed by atoms with Gasteiger partial charge in [-0.3, -0.25) is 0 Å². The van der Waals surface area contributed by atoms with E-state index < -0.39 is 0 Å². The molecule has 0 aliphatic carbocycles. The van der Waals surface area contributed by atoms with E-state index in [0.29, 0.717) is 0 Å². The van der Waals surface area contributed by atoms with Crippen LogP contribution in [0.4, 0.5) is 5.69 Å². The summed E-state index contributed by atoms with van der Waals surface area (Å²) in [5.74, 6) is 0. The molecule has 0 radical (unpaired) electrons. The fourth-order valence-electron chi connectivity index (χ4n) is 2.46. The van der Waals surface area contributed by atoms with E-state index in [4.69, 9.17) is 0 Å². The third-order valence-electron chi connectivity index (χ3n) is 3.75. The molecule has 0 aromatic heterocycles. The first kappa shape index (κ1) is 15.6. The molecule has 0 atom stereocenters. The summed E-state index contributed by atoms with van der Waals surface area (Å²) in [6, 6.07) is 10.6. The van der Waals surface area contributed by atoms with Gasteiger partial charge in [0.05, 0.1) is 0 Å². The van der Waals surface area contributed by atoms with Crippen LogP contribution in [0, 0.1) is 10.8 Å². The summed E-state index contributed by atoms with van der Waals surface area (Å²) in [4.78, 5) is 2.30. The first-order chi connectivity index (χ1) is 9.69. The van der Waals surface area contributed by atoms with Crippen molar-refractivity contribution in [1.82, 2.24) is 0 Å². The third kappa shape index (κ3) is 3.66. The molecule has 1 heterocycles. The van der Waals surface area contributed by atoms with Crippen LogP contribution in [0.25, 0.3) is 0 Å². The van der Waals surface area contributed by atoms with Crippen LogP contribution in [0.5, 0.6) is 0 Å². The van der Waals surface area contributed by atoms with Gasteiger partial charge in [0.15, 0.2) is 0 Å². The lowest BCUT2D eigenvalue weighted by molar-refractivity contribution is 0.494. The van der Waals surface area contributed by atoms with Gasteiger partial charge in [-0.05, 0) is 35.3 Å². The quantitative estimate of drug-likeness (QED) is 0.617. The molecule has 0 N–H and O–H groups in total. The molecular weight excluding hydrogens is 254 g/mol. The number of para-hydroxylation sites is 1. The molecule has 0 fully saturated rings. The van der Waals surface area contributed by atoms with Gasteiger partial charge in [-0.25, -0.2) is 0 Å². The van der Waals surface area contributed by atoms with E-state index in [-0.39, 0.29) is 10.8 Å². The first-order valence-corrected chi connectivity index (χ1v) is 7.65. The minimum Gasteiger partial charge on any atom is -0.320 e. The largest absolute Gasteiger partial charge is 0.320 e. The van der Waals surface area contributed by atoms with Crippen LogP contribution >= 0.6 is 0 Å². The van der Waals surface area contributed by atoms with Gasteiger partial charge in [-0.2, -0.15) is 0 Å². The molecule has 1 aromatic rings. The molecule has 2 rings (SSSR count). The van der Waals surface area contributed by atoms with Crippen LogP contribution < -0.4 is 4.90 Å². The number of hydrogen-bond acceptors (Lipinski definition) is 1. The minimum atomic E-state index is 0.0873. The van der Waals surface area contributed by atoms with E-state index in [1.54, 1.807) is 0 Å². The van der Waals surface area contributed by atoms with Gasteiger partial charge >= 0.3 is 0 Å². The van der Waals surface area contributed by atoms with Crippen LogP contribution in [-0.2, 0) is 0 Å².